The molecule has 3 heterocycles. The Morgan fingerprint density at radius 2 is 1.76 bits per heavy atom. The number of nitrogens with one attached hydrogen (secondary N) is 1. The topological polar surface area (TPSA) is 125 Å². The lowest BCUT2D eigenvalue weighted by molar-refractivity contribution is 0.102. The predicted octanol–water partition coefficient (Wildman–Crippen LogP) is 4.83. The van der Waals surface area contributed by atoms with E-state index in [-0.39, 0.29) is 39.9 Å². The standard InChI is InChI=1S/C30H24F2N4O6/c1-36-14-19(28(38)26(22(36)15-37)16-4-6-17(31)7-5-16)29(39)34-18-8-9-23(20(32)12-18)42-24-10-11-33-21-13-25(40-2)30(41-3)35-27(21)24/h4-14,37H,15H2,1-3H3,(H,34,39). The lowest BCUT2D eigenvalue weighted by Crippen LogP contribution is -2.26. The molecular formula is C30H24F2N4O6. The minimum Gasteiger partial charge on any atom is -0.491 e. The third-order valence-corrected chi connectivity index (χ3v) is 6.47. The van der Waals surface area contributed by atoms with Crippen molar-refractivity contribution in [2.45, 2.75) is 6.61 Å². The number of pyridine rings is 3. The quantitative estimate of drug-likeness (QED) is 0.270. The molecule has 1 amide bonds. The number of carbonyl (C=O) groups excluding carboxylic acids is 1. The summed E-state index contributed by atoms with van der Waals surface area (Å²) in [6.07, 6.45) is 2.75. The van der Waals surface area contributed by atoms with Gasteiger partial charge in [-0.05, 0) is 29.8 Å². The van der Waals surface area contributed by atoms with Gasteiger partial charge < -0.3 is 29.2 Å². The molecule has 5 aromatic rings. The van der Waals surface area contributed by atoms with E-state index in [1.807, 2.05) is 0 Å². The van der Waals surface area contributed by atoms with Crippen molar-refractivity contribution in [1.82, 2.24) is 14.5 Å². The number of hydrogen-bond acceptors (Lipinski definition) is 8. The van der Waals surface area contributed by atoms with Crippen molar-refractivity contribution in [2.75, 3.05) is 19.5 Å². The van der Waals surface area contributed by atoms with Gasteiger partial charge in [0.2, 0.25) is 5.43 Å². The van der Waals surface area contributed by atoms with E-state index >= 15 is 4.39 Å². The minimum absolute atomic E-state index is 0.0509. The summed E-state index contributed by atoms with van der Waals surface area (Å²) in [5.41, 5.74) is 0.497. The number of halogens is 2. The van der Waals surface area contributed by atoms with Gasteiger partial charge in [-0.25, -0.2) is 13.8 Å². The average molecular weight is 575 g/mol. The number of ether oxygens (including phenoxy) is 3. The van der Waals surface area contributed by atoms with E-state index in [1.165, 1.54) is 73.6 Å². The molecule has 42 heavy (non-hydrogen) atoms. The fourth-order valence-electron chi connectivity index (χ4n) is 4.40. The van der Waals surface area contributed by atoms with Crippen LogP contribution in [0.5, 0.6) is 23.1 Å². The van der Waals surface area contributed by atoms with Crippen molar-refractivity contribution in [3.05, 3.63) is 100 Å². The van der Waals surface area contributed by atoms with Crippen LogP contribution in [0.1, 0.15) is 16.1 Å². The third-order valence-electron chi connectivity index (χ3n) is 6.47. The van der Waals surface area contributed by atoms with Crippen LogP contribution in [0.3, 0.4) is 0 Å². The van der Waals surface area contributed by atoms with Crippen molar-refractivity contribution in [1.29, 1.82) is 0 Å². The minimum atomic E-state index is -0.804. The fourth-order valence-corrected chi connectivity index (χ4v) is 4.40. The van der Waals surface area contributed by atoms with Gasteiger partial charge in [0.1, 0.15) is 16.9 Å². The molecule has 0 aliphatic rings. The second-order valence-corrected chi connectivity index (χ2v) is 9.05. The summed E-state index contributed by atoms with van der Waals surface area (Å²) in [6.45, 7) is -0.490. The lowest BCUT2D eigenvalue weighted by Gasteiger charge is -2.15. The van der Waals surface area contributed by atoms with Crippen LogP contribution in [0.25, 0.3) is 22.2 Å². The number of benzene rings is 2. The Labute approximate surface area is 237 Å². The summed E-state index contributed by atoms with van der Waals surface area (Å²) in [7, 11) is 4.46. The molecule has 214 valence electrons. The molecule has 0 bridgehead atoms. The summed E-state index contributed by atoms with van der Waals surface area (Å²) in [5.74, 6) is -1.49. The molecule has 3 aromatic heterocycles. The normalized spacial score (nSPS) is 10.9. The molecule has 0 unspecified atom stereocenters. The van der Waals surface area contributed by atoms with Gasteiger partial charge in [0.05, 0.1) is 37.6 Å². The molecule has 12 heteroatoms. The highest BCUT2D eigenvalue weighted by molar-refractivity contribution is 6.04. The molecule has 0 aliphatic heterocycles. The van der Waals surface area contributed by atoms with Crippen LogP contribution in [0.15, 0.2) is 71.8 Å². The first kappa shape index (κ1) is 28.2. The molecule has 0 fully saturated rings. The number of methoxy groups -OCH3 is 2. The first-order chi connectivity index (χ1) is 20.2. The largest absolute Gasteiger partial charge is 0.491 e. The van der Waals surface area contributed by atoms with E-state index < -0.39 is 29.6 Å². The zero-order valence-corrected chi connectivity index (χ0v) is 22.6. The second-order valence-electron chi connectivity index (χ2n) is 9.05. The molecule has 0 aliphatic carbocycles. The van der Waals surface area contributed by atoms with Gasteiger partial charge in [0.15, 0.2) is 23.1 Å². The van der Waals surface area contributed by atoms with E-state index in [9.17, 15) is 19.1 Å². The van der Waals surface area contributed by atoms with Gasteiger partial charge in [-0.1, -0.05) is 12.1 Å². The Bertz CT molecular complexity index is 1880. The highest BCUT2D eigenvalue weighted by Crippen LogP contribution is 2.35. The fraction of sp³-hybridized carbons (Fsp3) is 0.133. The molecule has 5 rings (SSSR count). The summed E-state index contributed by atoms with van der Waals surface area (Å²) in [4.78, 5) is 35.1. The van der Waals surface area contributed by atoms with Crippen molar-refractivity contribution in [3.63, 3.8) is 0 Å². The van der Waals surface area contributed by atoms with E-state index in [0.29, 0.717) is 22.3 Å². The van der Waals surface area contributed by atoms with Gasteiger partial charge in [0.25, 0.3) is 11.8 Å². The highest BCUT2D eigenvalue weighted by atomic mass is 19.1. The van der Waals surface area contributed by atoms with E-state index in [0.717, 1.165) is 6.07 Å². The Kier molecular flexibility index (Phi) is 7.80. The molecule has 2 aromatic carbocycles. The lowest BCUT2D eigenvalue weighted by atomic mass is 10.0. The Hall–Kier alpha value is -5.36. The number of amides is 1. The van der Waals surface area contributed by atoms with E-state index in [2.05, 4.69) is 15.3 Å². The number of aliphatic hydroxyl groups is 1. The first-order valence-electron chi connectivity index (χ1n) is 12.5. The Balaban J connectivity index is 1.43. The number of aliphatic hydroxyl groups excluding tert-OH is 1. The molecule has 10 nitrogen and oxygen atoms in total. The van der Waals surface area contributed by atoms with Crippen LogP contribution in [-0.2, 0) is 13.7 Å². The van der Waals surface area contributed by atoms with Crippen LogP contribution in [-0.4, -0.2) is 39.8 Å². The van der Waals surface area contributed by atoms with Crippen molar-refractivity contribution in [3.8, 4) is 34.3 Å². The zero-order chi connectivity index (χ0) is 30.0. The van der Waals surface area contributed by atoms with Crippen molar-refractivity contribution in [2.24, 2.45) is 7.05 Å². The monoisotopic (exact) mass is 574 g/mol. The van der Waals surface area contributed by atoms with Crippen LogP contribution < -0.4 is 25.0 Å². The van der Waals surface area contributed by atoms with Gasteiger partial charge in [-0.2, -0.15) is 0 Å². The van der Waals surface area contributed by atoms with Crippen molar-refractivity contribution >= 4 is 22.6 Å². The zero-order valence-electron chi connectivity index (χ0n) is 22.6. The maximum absolute atomic E-state index is 15.1. The summed E-state index contributed by atoms with van der Waals surface area (Å²) >= 11 is 0. The predicted molar refractivity (Wildman–Crippen MR) is 150 cm³/mol. The van der Waals surface area contributed by atoms with Gasteiger partial charge in [0, 0.05) is 43.3 Å². The highest BCUT2D eigenvalue weighted by Gasteiger charge is 2.21. The summed E-state index contributed by atoms with van der Waals surface area (Å²) < 4.78 is 46.3. The molecular weight excluding hydrogens is 550 g/mol. The summed E-state index contributed by atoms with van der Waals surface area (Å²) in [5, 5.41) is 12.4. The second kappa shape index (κ2) is 11.6. The van der Waals surface area contributed by atoms with E-state index in [4.69, 9.17) is 14.2 Å². The van der Waals surface area contributed by atoms with Crippen LogP contribution >= 0.6 is 0 Å². The SMILES string of the molecule is COc1cc2nccc(Oc3ccc(NC(=O)c4cn(C)c(CO)c(-c5ccc(F)cc5)c4=O)cc3F)c2nc1OC. The molecule has 2 N–H and O–H groups in total. The number of aryl methyl sites for hydroxylation is 1. The molecule has 0 radical (unpaired) electrons. The van der Waals surface area contributed by atoms with Crippen LogP contribution in [0.2, 0.25) is 0 Å². The number of rotatable bonds is 8. The summed E-state index contributed by atoms with van der Waals surface area (Å²) in [6, 6.07) is 12.0. The number of carbonyl (C=O) groups is 1. The number of aromatic nitrogens is 3. The maximum atomic E-state index is 15.1. The van der Waals surface area contributed by atoms with Crippen LogP contribution in [0, 0.1) is 11.6 Å². The molecule has 0 atom stereocenters. The van der Waals surface area contributed by atoms with E-state index in [1.54, 1.807) is 13.1 Å². The van der Waals surface area contributed by atoms with Gasteiger partial charge in [-0.15, -0.1) is 0 Å². The molecule has 0 saturated carbocycles. The van der Waals surface area contributed by atoms with Crippen molar-refractivity contribution < 1.29 is 32.9 Å². The maximum Gasteiger partial charge on any atom is 0.261 e. The number of anilines is 1. The Morgan fingerprint density at radius 3 is 2.43 bits per heavy atom. The van der Waals surface area contributed by atoms with Gasteiger partial charge >= 0.3 is 0 Å². The third kappa shape index (κ3) is 5.34. The number of hydrogen-bond donors (Lipinski definition) is 2. The van der Waals surface area contributed by atoms with Crippen LogP contribution in [0.4, 0.5) is 14.5 Å². The first-order valence-corrected chi connectivity index (χ1v) is 12.5. The number of fused-ring (bicyclic) bond motifs is 1. The van der Waals surface area contributed by atoms with Gasteiger partial charge in [-0.3, -0.25) is 14.6 Å². The molecule has 0 spiro atoms. The Morgan fingerprint density at radius 1 is 1.00 bits per heavy atom. The number of nitrogens with zero attached hydrogens (tertiary/aromatic N) is 3. The molecule has 0 saturated heterocycles. The smallest absolute Gasteiger partial charge is 0.261 e. The average Bonchev–Trinajstić information content (AvgIpc) is 2.99.